The summed E-state index contributed by atoms with van der Waals surface area (Å²) in [4.78, 5) is 14.9. The summed E-state index contributed by atoms with van der Waals surface area (Å²) in [6.45, 7) is 6.10. The first kappa shape index (κ1) is 15.3. The van der Waals surface area contributed by atoms with Crippen molar-refractivity contribution in [3.63, 3.8) is 0 Å². The normalized spacial score (nSPS) is 24.7. The minimum atomic E-state index is 0.308. The van der Waals surface area contributed by atoms with Gasteiger partial charge in [0.1, 0.15) is 0 Å². The van der Waals surface area contributed by atoms with Gasteiger partial charge >= 0.3 is 0 Å². The molecule has 1 saturated heterocycles. The van der Waals surface area contributed by atoms with Crippen molar-refractivity contribution < 1.29 is 4.79 Å². The summed E-state index contributed by atoms with van der Waals surface area (Å²) in [5, 5.41) is 0. The van der Waals surface area contributed by atoms with Gasteiger partial charge in [0.05, 0.1) is 6.42 Å². The van der Waals surface area contributed by atoms with Crippen molar-refractivity contribution >= 4 is 5.91 Å². The summed E-state index contributed by atoms with van der Waals surface area (Å²) in [7, 11) is 0. The van der Waals surface area contributed by atoms with Gasteiger partial charge in [-0.25, -0.2) is 0 Å². The molecule has 22 heavy (non-hydrogen) atoms. The zero-order chi connectivity index (χ0) is 15.6. The number of nitrogens with zero attached hydrogens (tertiary/aromatic N) is 1. The summed E-state index contributed by atoms with van der Waals surface area (Å²) in [6, 6.07) is 6.41. The van der Waals surface area contributed by atoms with E-state index in [-0.39, 0.29) is 0 Å². The summed E-state index contributed by atoms with van der Waals surface area (Å²) < 4.78 is 0. The van der Waals surface area contributed by atoms with Crippen molar-refractivity contribution in [2.24, 2.45) is 5.41 Å². The van der Waals surface area contributed by atoms with Gasteiger partial charge < -0.3 is 4.90 Å². The number of piperidine rings is 1. The third-order valence-electron chi connectivity index (χ3n) is 5.42. The molecule has 2 heteroatoms. The molecule has 1 heterocycles. The average Bonchev–Trinajstić information content (AvgIpc) is 2.52. The fourth-order valence-electron chi connectivity index (χ4n) is 4.00. The number of hydrogen-bond acceptors (Lipinski definition) is 1. The molecule has 118 valence electrons. The second kappa shape index (κ2) is 6.28. The second-order valence-corrected chi connectivity index (χ2v) is 7.24. The van der Waals surface area contributed by atoms with Gasteiger partial charge in [-0.1, -0.05) is 35.9 Å². The van der Waals surface area contributed by atoms with Crippen LogP contribution >= 0.6 is 0 Å². The average molecular weight is 297 g/mol. The van der Waals surface area contributed by atoms with Gasteiger partial charge in [0.15, 0.2) is 0 Å². The summed E-state index contributed by atoms with van der Waals surface area (Å²) in [6.07, 6.45) is 11.2. The molecule has 3 rings (SSSR count). The molecule has 1 aromatic carbocycles. The van der Waals surface area contributed by atoms with Crippen LogP contribution in [0.4, 0.5) is 0 Å². The van der Waals surface area contributed by atoms with Crippen molar-refractivity contribution in [2.45, 2.75) is 52.4 Å². The Morgan fingerprint density at radius 3 is 2.86 bits per heavy atom. The van der Waals surface area contributed by atoms with Gasteiger partial charge in [-0.15, -0.1) is 0 Å². The molecule has 0 aromatic heterocycles. The molecule has 1 atom stereocenters. The number of carbonyl (C=O) groups excluding carboxylic acids is 1. The molecule has 2 nitrogen and oxygen atoms in total. The van der Waals surface area contributed by atoms with E-state index in [0.29, 0.717) is 17.7 Å². The molecule has 1 fully saturated rings. The van der Waals surface area contributed by atoms with Crippen LogP contribution in [0.15, 0.2) is 30.4 Å². The fourth-order valence-corrected chi connectivity index (χ4v) is 4.00. The predicted molar refractivity (Wildman–Crippen MR) is 90.9 cm³/mol. The highest BCUT2D eigenvalue weighted by Crippen LogP contribution is 2.40. The lowest BCUT2D eigenvalue weighted by Crippen LogP contribution is -2.47. The van der Waals surface area contributed by atoms with Crippen molar-refractivity contribution in [3.05, 3.63) is 47.0 Å². The first-order valence-electron chi connectivity index (χ1n) is 8.57. The predicted octanol–water partition coefficient (Wildman–Crippen LogP) is 4.19. The van der Waals surface area contributed by atoms with Crippen LogP contribution in [0.2, 0.25) is 0 Å². The summed E-state index contributed by atoms with van der Waals surface area (Å²) in [5.41, 5.74) is 4.02. The fraction of sp³-hybridized carbons (Fsp3) is 0.550. The van der Waals surface area contributed by atoms with Crippen molar-refractivity contribution in [1.82, 2.24) is 4.90 Å². The number of hydrogen-bond donors (Lipinski definition) is 0. The van der Waals surface area contributed by atoms with Crippen LogP contribution in [-0.4, -0.2) is 23.9 Å². The highest BCUT2D eigenvalue weighted by atomic mass is 16.2. The smallest absolute Gasteiger partial charge is 0.227 e. The highest BCUT2D eigenvalue weighted by Gasteiger charge is 2.36. The summed E-state index contributed by atoms with van der Waals surface area (Å²) in [5.74, 6) is 0.308. The number of likely N-dealkylation sites (tertiary alicyclic amines) is 1. The van der Waals surface area contributed by atoms with Gasteiger partial charge in [-0.3, -0.25) is 4.79 Å². The minimum Gasteiger partial charge on any atom is -0.342 e. The molecule has 2 aliphatic rings. The SMILES string of the molecule is Cc1ccc(C)c(CC(=O)N2CCC[C@@]3(CC=CCC3)C2)c1. The minimum absolute atomic E-state index is 0.308. The van der Waals surface area contributed by atoms with E-state index >= 15 is 0 Å². The Morgan fingerprint density at radius 1 is 1.23 bits per heavy atom. The molecule has 1 aromatic rings. The van der Waals surface area contributed by atoms with Crippen molar-refractivity contribution in [1.29, 1.82) is 0 Å². The second-order valence-electron chi connectivity index (χ2n) is 7.24. The largest absolute Gasteiger partial charge is 0.342 e. The Bertz CT molecular complexity index is 589. The standard InChI is InChI=1S/C20H27NO/c1-16-7-8-17(2)18(13-16)14-19(22)21-12-6-11-20(15-21)9-4-3-5-10-20/h3-4,7-8,13H,5-6,9-12,14-15H2,1-2H3/t20-/m0/s1. The molecule has 1 aliphatic carbocycles. The Kier molecular flexibility index (Phi) is 4.37. The van der Waals surface area contributed by atoms with Gasteiger partial charge in [-0.2, -0.15) is 0 Å². The van der Waals surface area contributed by atoms with Gasteiger partial charge in [0.2, 0.25) is 5.91 Å². The number of benzene rings is 1. The number of aryl methyl sites for hydroxylation is 2. The van der Waals surface area contributed by atoms with Crippen molar-refractivity contribution in [2.75, 3.05) is 13.1 Å². The molecule has 1 aliphatic heterocycles. The molecule has 0 bridgehead atoms. The van der Waals surface area contributed by atoms with Gasteiger partial charge in [0, 0.05) is 13.1 Å². The van der Waals surface area contributed by atoms with Crippen LogP contribution in [0.3, 0.4) is 0 Å². The lowest BCUT2D eigenvalue weighted by atomic mass is 9.71. The number of amides is 1. The highest BCUT2D eigenvalue weighted by molar-refractivity contribution is 5.79. The van der Waals surface area contributed by atoms with E-state index < -0.39 is 0 Å². The molecule has 0 saturated carbocycles. The number of carbonyl (C=O) groups is 1. The Hall–Kier alpha value is -1.57. The van der Waals surface area contributed by atoms with Crippen LogP contribution in [-0.2, 0) is 11.2 Å². The first-order valence-corrected chi connectivity index (χ1v) is 8.57. The van der Waals surface area contributed by atoms with Crippen LogP contribution in [0.1, 0.15) is 48.8 Å². The zero-order valence-corrected chi connectivity index (χ0v) is 13.9. The maximum Gasteiger partial charge on any atom is 0.227 e. The van der Waals surface area contributed by atoms with E-state index in [4.69, 9.17) is 0 Å². The topological polar surface area (TPSA) is 20.3 Å². The van der Waals surface area contributed by atoms with E-state index in [2.05, 4.69) is 49.1 Å². The van der Waals surface area contributed by atoms with Gasteiger partial charge in [0.25, 0.3) is 0 Å². The molecular weight excluding hydrogens is 270 g/mol. The van der Waals surface area contributed by atoms with Crippen LogP contribution in [0, 0.1) is 19.3 Å². The number of allylic oxidation sites excluding steroid dienone is 2. The molecule has 1 amide bonds. The van der Waals surface area contributed by atoms with E-state index in [0.717, 1.165) is 25.9 Å². The lowest BCUT2D eigenvalue weighted by molar-refractivity contribution is -0.134. The van der Waals surface area contributed by atoms with E-state index in [1.807, 2.05) is 0 Å². The quantitative estimate of drug-likeness (QED) is 0.749. The first-order chi connectivity index (χ1) is 10.6. The maximum atomic E-state index is 12.8. The zero-order valence-electron chi connectivity index (χ0n) is 13.9. The third kappa shape index (κ3) is 3.26. The molecule has 0 unspecified atom stereocenters. The molecule has 0 radical (unpaired) electrons. The summed E-state index contributed by atoms with van der Waals surface area (Å²) >= 11 is 0. The maximum absolute atomic E-state index is 12.8. The molecular formula is C20H27NO. The van der Waals surface area contributed by atoms with Crippen LogP contribution < -0.4 is 0 Å². The molecule has 0 N–H and O–H groups in total. The third-order valence-corrected chi connectivity index (χ3v) is 5.42. The van der Waals surface area contributed by atoms with Crippen molar-refractivity contribution in [3.8, 4) is 0 Å². The van der Waals surface area contributed by atoms with Gasteiger partial charge in [-0.05, 0) is 62.5 Å². The number of rotatable bonds is 2. The van der Waals surface area contributed by atoms with E-state index in [9.17, 15) is 4.79 Å². The monoisotopic (exact) mass is 297 g/mol. The molecule has 1 spiro atoms. The van der Waals surface area contributed by atoms with E-state index in [1.165, 1.54) is 36.0 Å². The Morgan fingerprint density at radius 2 is 2.09 bits per heavy atom. The van der Waals surface area contributed by atoms with Crippen LogP contribution in [0.25, 0.3) is 0 Å². The van der Waals surface area contributed by atoms with Crippen LogP contribution in [0.5, 0.6) is 0 Å². The Labute approximate surface area is 134 Å². The lowest BCUT2D eigenvalue weighted by Gasteiger charge is -2.44. The Balaban J connectivity index is 1.69. The van der Waals surface area contributed by atoms with E-state index in [1.54, 1.807) is 0 Å².